The maximum atomic E-state index is 13.3. The number of hydrogen-bond acceptors (Lipinski definition) is 7. The van der Waals surface area contributed by atoms with Crippen molar-refractivity contribution in [3.8, 4) is 5.75 Å². The SMILES string of the molecule is COc1ccccc1NC(=O)c1cc(N(C(C)=O)C(C)=O)ccc1Sc1ccc([N+](=O)[O-])cc1. The van der Waals surface area contributed by atoms with Crippen molar-refractivity contribution in [1.29, 1.82) is 0 Å². The molecule has 0 atom stereocenters. The van der Waals surface area contributed by atoms with Crippen molar-refractivity contribution < 1.29 is 24.0 Å². The molecule has 3 aromatic carbocycles. The third-order valence-electron chi connectivity index (χ3n) is 4.73. The highest BCUT2D eigenvalue weighted by Gasteiger charge is 2.21. The minimum absolute atomic E-state index is 0.0487. The predicted molar refractivity (Wildman–Crippen MR) is 128 cm³/mol. The molecule has 34 heavy (non-hydrogen) atoms. The summed E-state index contributed by atoms with van der Waals surface area (Å²) in [5, 5.41) is 13.7. The van der Waals surface area contributed by atoms with E-state index < -0.39 is 22.6 Å². The Bertz CT molecular complexity index is 1250. The van der Waals surface area contributed by atoms with Crippen LogP contribution in [0.3, 0.4) is 0 Å². The zero-order chi connectivity index (χ0) is 24.8. The summed E-state index contributed by atoms with van der Waals surface area (Å²) < 4.78 is 5.29. The van der Waals surface area contributed by atoms with Gasteiger partial charge in [-0.15, -0.1) is 0 Å². The van der Waals surface area contributed by atoms with E-state index in [1.165, 1.54) is 50.9 Å². The van der Waals surface area contributed by atoms with E-state index in [4.69, 9.17) is 4.74 Å². The molecule has 0 spiro atoms. The molecular formula is C24H21N3O6S. The summed E-state index contributed by atoms with van der Waals surface area (Å²) in [6, 6.07) is 17.4. The second kappa shape index (κ2) is 10.6. The highest BCUT2D eigenvalue weighted by atomic mass is 32.2. The third-order valence-corrected chi connectivity index (χ3v) is 5.81. The fraction of sp³-hybridized carbons (Fsp3) is 0.125. The van der Waals surface area contributed by atoms with Gasteiger partial charge in [-0.1, -0.05) is 23.9 Å². The number of carbonyl (C=O) groups is 3. The van der Waals surface area contributed by atoms with Gasteiger partial charge in [-0.3, -0.25) is 29.4 Å². The zero-order valence-electron chi connectivity index (χ0n) is 18.6. The van der Waals surface area contributed by atoms with E-state index in [2.05, 4.69) is 5.32 Å². The van der Waals surface area contributed by atoms with Gasteiger partial charge in [-0.2, -0.15) is 0 Å². The first-order valence-corrected chi connectivity index (χ1v) is 10.8. The van der Waals surface area contributed by atoms with E-state index in [-0.39, 0.29) is 16.9 Å². The Morgan fingerprint density at radius 2 is 1.62 bits per heavy atom. The Kier molecular flexibility index (Phi) is 7.64. The van der Waals surface area contributed by atoms with Crippen LogP contribution in [0.15, 0.2) is 76.5 Å². The summed E-state index contributed by atoms with van der Waals surface area (Å²) in [7, 11) is 1.49. The molecule has 0 aliphatic carbocycles. The highest BCUT2D eigenvalue weighted by molar-refractivity contribution is 7.99. The summed E-state index contributed by atoms with van der Waals surface area (Å²) in [6.07, 6.45) is 0. The Morgan fingerprint density at radius 1 is 0.971 bits per heavy atom. The lowest BCUT2D eigenvalue weighted by Crippen LogP contribution is -2.33. The molecule has 10 heteroatoms. The normalized spacial score (nSPS) is 10.3. The summed E-state index contributed by atoms with van der Waals surface area (Å²) in [6.45, 7) is 2.52. The van der Waals surface area contributed by atoms with E-state index in [1.807, 2.05) is 0 Å². The van der Waals surface area contributed by atoms with Gasteiger partial charge in [0.25, 0.3) is 11.6 Å². The number of nitrogens with zero attached hydrogens (tertiary/aromatic N) is 2. The number of rotatable bonds is 7. The molecular weight excluding hydrogens is 458 g/mol. The second-order valence-electron chi connectivity index (χ2n) is 7.06. The maximum absolute atomic E-state index is 13.3. The van der Waals surface area contributed by atoms with Crippen molar-refractivity contribution in [3.05, 3.63) is 82.4 Å². The number of imide groups is 1. The quantitative estimate of drug-likeness (QED) is 0.378. The number of methoxy groups -OCH3 is 1. The van der Waals surface area contributed by atoms with Gasteiger partial charge in [0.05, 0.1) is 29.0 Å². The molecule has 3 rings (SSSR count). The van der Waals surface area contributed by atoms with Gasteiger partial charge >= 0.3 is 0 Å². The largest absolute Gasteiger partial charge is 0.495 e. The number of non-ortho nitro benzene ring substituents is 1. The summed E-state index contributed by atoms with van der Waals surface area (Å²) in [4.78, 5) is 50.0. The third kappa shape index (κ3) is 5.59. The van der Waals surface area contributed by atoms with Gasteiger partial charge in [0.2, 0.25) is 11.8 Å². The summed E-state index contributed by atoms with van der Waals surface area (Å²) in [5.74, 6) is -0.993. The fourth-order valence-corrected chi connectivity index (χ4v) is 4.13. The van der Waals surface area contributed by atoms with Crippen LogP contribution >= 0.6 is 11.8 Å². The van der Waals surface area contributed by atoms with Crippen LogP contribution in [0.1, 0.15) is 24.2 Å². The monoisotopic (exact) mass is 479 g/mol. The van der Waals surface area contributed by atoms with E-state index in [0.717, 1.165) is 4.90 Å². The van der Waals surface area contributed by atoms with Crippen molar-refractivity contribution in [3.63, 3.8) is 0 Å². The first-order valence-electron chi connectivity index (χ1n) is 10.0. The summed E-state index contributed by atoms with van der Waals surface area (Å²) >= 11 is 1.22. The van der Waals surface area contributed by atoms with E-state index in [9.17, 15) is 24.5 Å². The molecule has 3 aromatic rings. The van der Waals surface area contributed by atoms with E-state index >= 15 is 0 Å². The number of hydrogen-bond donors (Lipinski definition) is 1. The molecule has 0 heterocycles. The van der Waals surface area contributed by atoms with Crippen molar-refractivity contribution in [2.24, 2.45) is 0 Å². The number of anilines is 2. The van der Waals surface area contributed by atoms with Crippen molar-refractivity contribution in [2.45, 2.75) is 23.6 Å². The lowest BCUT2D eigenvalue weighted by atomic mass is 10.1. The Balaban J connectivity index is 2.03. The fourth-order valence-electron chi connectivity index (χ4n) is 3.21. The predicted octanol–water partition coefficient (Wildman–Crippen LogP) is 4.91. The highest BCUT2D eigenvalue weighted by Crippen LogP contribution is 2.35. The minimum Gasteiger partial charge on any atom is -0.495 e. The van der Waals surface area contributed by atoms with Crippen LogP contribution in [0.4, 0.5) is 17.1 Å². The molecule has 0 aromatic heterocycles. The molecule has 9 nitrogen and oxygen atoms in total. The molecule has 174 valence electrons. The number of amides is 3. The van der Waals surface area contributed by atoms with Crippen molar-refractivity contribution in [1.82, 2.24) is 0 Å². The first kappa shape index (κ1) is 24.5. The molecule has 0 aliphatic rings. The topological polar surface area (TPSA) is 119 Å². The lowest BCUT2D eigenvalue weighted by molar-refractivity contribution is -0.384. The van der Waals surface area contributed by atoms with Crippen LogP contribution in [0.2, 0.25) is 0 Å². The molecule has 0 fully saturated rings. The van der Waals surface area contributed by atoms with Gasteiger partial charge < -0.3 is 10.1 Å². The average molecular weight is 480 g/mol. The molecule has 0 saturated heterocycles. The Morgan fingerprint density at radius 3 is 2.21 bits per heavy atom. The smallest absolute Gasteiger partial charge is 0.269 e. The maximum Gasteiger partial charge on any atom is 0.269 e. The standard InChI is InChI=1S/C24H21N3O6S/c1-15(28)26(16(2)29)18-10-13-23(34-19-11-8-17(9-12-19)27(31)32)20(14-18)24(30)25-21-6-4-5-7-22(21)33-3/h4-14H,1-3H3,(H,25,30). The van der Waals surface area contributed by atoms with Crippen LogP contribution in [-0.4, -0.2) is 29.8 Å². The average Bonchev–Trinajstić information content (AvgIpc) is 2.80. The van der Waals surface area contributed by atoms with E-state index in [1.54, 1.807) is 48.5 Å². The molecule has 0 bridgehead atoms. The van der Waals surface area contributed by atoms with Crippen molar-refractivity contribution >= 4 is 46.5 Å². The van der Waals surface area contributed by atoms with Crippen LogP contribution in [0.5, 0.6) is 5.75 Å². The van der Waals surface area contributed by atoms with Gasteiger partial charge in [-0.05, 0) is 42.5 Å². The number of ether oxygens (including phenoxy) is 1. The zero-order valence-corrected chi connectivity index (χ0v) is 19.4. The van der Waals surface area contributed by atoms with Gasteiger partial charge in [0.1, 0.15) is 5.75 Å². The molecule has 1 N–H and O–H groups in total. The minimum atomic E-state index is -0.493. The van der Waals surface area contributed by atoms with Crippen LogP contribution < -0.4 is 15.0 Å². The van der Waals surface area contributed by atoms with Crippen LogP contribution in [0.25, 0.3) is 0 Å². The van der Waals surface area contributed by atoms with Gasteiger partial charge in [0, 0.05) is 35.8 Å². The van der Waals surface area contributed by atoms with Gasteiger partial charge in [0.15, 0.2) is 0 Å². The number of benzene rings is 3. The van der Waals surface area contributed by atoms with E-state index in [0.29, 0.717) is 21.2 Å². The lowest BCUT2D eigenvalue weighted by Gasteiger charge is -2.19. The summed E-state index contributed by atoms with van der Waals surface area (Å²) in [5.41, 5.74) is 0.853. The first-order chi connectivity index (χ1) is 16.2. The number of para-hydroxylation sites is 2. The molecule has 0 aliphatic heterocycles. The molecule has 0 saturated carbocycles. The van der Waals surface area contributed by atoms with Crippen LogP contribution in [0, 0.1) is 10.1 Å². The molecule has 0 unspecified atom stereocenters. The van der Waals surface area contributed by atoms with Gasteiger partial charge in [-0.25, -0.2) is 0 Å². The molecule has 0 radical (unpaired) electrons. The number of nitro benzene ring substituents is 1. The second-order valence-corrected chi connectivity index (χ2v) is 8.18. The number of carbonyl (C=O) groups excluding carboxylic acids is 3. The van der Waals surface area contributed by atoms with Crippen molar-refractivity contribution in [2.75, 3.05) is 17.3 Å². The van der Waals surface area contributed by atoms with Crippen LogP contribution in [-0.2, 0) is 9.59 Å². The number of nitrogens with one attached hydrogen (secondary N) is 1. The Hall–Kier alpha value is -4.18. The molecule has 3 amide bonds. The number of nitro groups is 1. The Labute approximate surface area is 199 Å².